The summed E-state index contributed by atoms with van der Waals surface area (Å²) in [4.78, 5) is 14.6. The van der Waals surface area contributed by atoms with Crippen LogP contribution in [0.25, 0.3) is 11.4 Å². The molecule has 1 aliphatic heterocycles. The first kappa shape index (κ1) is 19.7. The smallest absolute Gasteiger partial charge is 0.233 e. The van der Waals surface area contributed by atoms with E-state index in [2.05, 4.69) is 52.0 Å². The minimum atomic E-state index is 0.195. The fourth-order valence-corrected chi connectivity index (χ4v) is 4.50. The second-order valence-electron chi connectivity index (χ2n) is 7.48. The van der Waals surface area contributed by atoms with E-state index in [1.165, 1.54) is 29.3 Å². The summed E-state index contributed by atoms with van der Waals surface area (Å²) in [6, 6.07) is 18.6. The van der Waals surface area contributed by atoms with Crippen LogP contribution in [0, 0.1) is 6.92 Å². The summed E-state index contributed by atoms with van der Waals surface area (Å²) < 4.78 is 2.12. The van der Waals surface area contributed by atoms with Gasteiger partial charge in [0.05, 0.1) is 12.3 Å². The summed E-state index contributed by atoms with van der Waals surface area (Å²) in [7, 11) is 0. The van der Waals surface area contributed by atoms with Crippen LogP contribution in [0.2, 0.25) is 0 Å². The number of thioether (sulfide) groups is 1. The number of benzene rings is 2. The number of hydrogen-bond acceptors (Lipinski definition) is 4. The second kappa shape index (κ2) is 9.27. The number of rotatable bonds is 6. The summed E-state index contributed by atoms with van der Waals surface area (Å²) in [6.45, 7) is 4.51. The molecule has 4 rings (SSSR count). The van der Waals surface area contributed by atoms with Gasteiger partial charge in [-0.1, -0.05) is 65.9 Å². The van der Waals surface area contributed by atoms with Crippen molar-refractivity contribution in [2.24, 2.45) is 0 Å². The van der Waals surface area contributed by atoms with Gasteiger partial charge >= 0.3 is 0 Å². The van der Waals surface area contributed by atoms with Gasteiger partial charge in [-0.2, -0.15) is 0 Å². The Labute approximate surface area is 176 Å². The van der Waals surface area contributed by atoms with E-state index in [1.54, 1.807) is 0 Å². The Morgan fingerprint density at radius 3 is 2.55 bits per heavy atom. The lowest BCUT2D eigenvalue weighted by molar-refractivity contribution is -0.129. The Balaban J connectivity index is 1.58. The monoisotopic (exact) mass is 406 g/mol. The van der Waals surface area contributed by atoms with Gasteiger partial charge in [-0.3, -0.25) is 9.36 Å². The van der Waals surface area contributed by atoms with Crippen LogP contribution in [0.15, 0.2) is 59.8 Å². The Hall–Kier alpha value is -2.60. The lowest BCUT2D eigenvalue weighted by Crippen LogP contribution is -2.36. The van der Waals surface area contributed by atoms with Gasteiger partial charge in [0.2, 0.25) is 5.91 Å². The van der Waals surface area contributed by atoms with Gasteiger partial charge in [-0.05, 0) is 37.8 Å². The van der Waals surface area contributed by atoms with E-state index in [0.29, 0.717) is 12.3 Å². The van der Waals surface area contributed by atoms with Crippen LogP contribution < -0.4 is 0 Å². The van der Waals surface area contributed by atoms with Crippen LogP contribution >= 0.6 is 11.8 Å². The maximum Gasteiger partial charge on any atom is 0.233 e. The zero-order valence-electron chi connectivity index (χ0n) is 16.8. The number of piperidine rings is 1. The molecule has 5 nitrogen and oxygen atoms in total. The molecule has 2 aromatic carbocycles. The zero-order chi connectivity index (χ0) is 20.1. The standard InChI is InChI=1S/C23H26N4OS/c1-18-9-8-12-20(15-18)22-24-25-23(27(22)16-19-10-4-2-5-11-19)29-17-21(28)26-13-6-3-7-14-26/h2,4-5,8-12,15H,3,6-7,13-14,16-17H2,1H3. The third kappa shape index (κ3) is 4.88. The van der Waals surface area contributed by atoms with Crippen molar-refractivity contribution in [2.75, 3.05) is 18.8 Å². The maximum absolute atomic E-state index is 12.6. The minimum absolute atomic E-state index is 0.195. The fourth-order valence-electron chi connectivity index (χ4n) is 3.66. The molecule has 6 heteroatoms. The van der Waals surface area contributed by atoms with Gasteiger partial charge in [-0.15, -0.1) is 10.2 Å². The number of aryl methyl sites for hydroxylation is 1. The van der Waals surface area contributed by atoms with Crippen LogP contribution in [-0.4, -0.2) is 44.4 Å². The number of amides is 1. The van der Waals surface area contributed by atoms with Crippen molar-refractivity contribution in [1.82, 2.24) is 19.7 Å². The Morgan fingerprint density at radius 1 is 1.00 bits per heavy atom. The lowest BCUT2D eigenvalue weighted by atomic mass is 10.1. The van der Waals surface area contributed by atoms with Gasteiger partial charge in [0.1, 0.15) is 0 Å². The van der Waals surface area contributed by atoms with Crippen molar-refractivity contribution in [3.63, 3.8) is 0 Å². The van der Waals surface area contributed by atoms with Crippen LogP contribution in [0.3, 0.4) is 0 Å². The summed E-state index contributed by atoms with van der Waals surface area (Å²) in [5.41, 5.74) is 3.42. The SMILES string of the molecule is Cc1cccc(-c2nnc(SCC(=O)N3CCCCC3)n2Cc2ccccc2)c1. The highest BCUT2D eigenvalue weighted by Crippen LogP contribution is 2.26. The molecule has 1 saturated heterocycles. The molecule has 1 amide bonds. The molecule has 150 valence electrons. The Morgan fingerprint density at radius 2 is 1.79 bits per heavy atom. The molecule has 1 aromatic heterocycles. The van der Waals surface area contributed by atoms with Gasteiger partial charge in [0.25, 0.3) is 0 Å². The third-order valence-corrected chi connectivity index (χ3v) is 6.16. The third-order valence-electron chi connectivity index (χ3n) is 5.21. The first-order chi connectivity index (χ1) is 14.2. The molecule has 0 saturated carbocycles. The van der Waals surface area contributed by atoms with Gasteiger partial charge in [0.15, 0.2) is 11.0 Å². The van der Waals surface area contributed by atoms with Crippen molar-refractivity contribution in [2.45, 2.75) is 37.9 Å². The zero-order valence-corrected chi connectivity index (χ0v) is 17.6. The Kier molecular flexibility index (Phi) is 6.30. The second-order valence-corrected chi connectivity index (χ2v) is 8.42. The largest absolute Gasteiger partial charge is 0.342 e. The van der Waals surface area contributed by atoms with Crippen molar-refractivity contribution in [3.8, 4) is 11.4 Å². The quantitative estimate of drug-likeness (QED) is 0.569. The minimum Gasteiger partial charge on any atom is -0.342 e. The highest BCUT2D eigenvalue weighted by Gasteiger charge is 2.20. The molecule has 1 fully saturated rings. The average molecular weight is 407 g/mol. The molecule has 29 heavy (non-hydrogen) atoms. The number of likely N-dealkylation sites (tertiary alicyclic amines) is 1. The molecule has 0 atom stereocenters. The predicted molar refractivity (Wildman–Crippen MR) is 117 cm³/mol. The van der Waals surface area contributed by atoms with Crippen molar-refractivity contribution in [3.05, 3.63) is 65.7 Å². The molecule has 0 radical (unpaired) electrons. The topological polar surface area (TPSA) is 51.0 Å². The van der Waals surface area contributed by atoms with Crippen LogP contribution in [-0.2, 0) is 11.3 Å². The molecule has 2 heterocycles. The lowest BCUT2D eigenvalue weighted by Gasteiger charge is -2.26. The summed E-state index contributed by atoms with van der Waals surface area (Å²) in [5.74, 6) is 1.44. The molecule has 1 aliphatic rings. The van der Waals surface area contributed by atoms with Gasteiger partial charge < -0.3 is 4.90 Å². The molecule has 0 spiro atoms. The summed E-state index contributed by atoms with van der Waals surface area (Å²) >= 11 is 1.49. The average Bonchev–Trinajstić information content (AvgIpc) is 3.16. The van der Waals surface area contributed by atoms with Crippen molar-refractivity contribution >= 4 is 17.7 Å². The summed E-state index contributed by atoms with van der Waals surface area (Å²) in [6.07, 6.45) is 3.44. The van der Waals surface area contributed by atoms with Crippen LogP contribution in [0.1, 0.15) is 30.4 Å². The highest BCUT2D eigenvalue weighted by atomic mass is 32.2. The van der Waals surface area contributed by atoms with E-state index >= 15 is 0 Å². The number of aromatic nitrogens is 3. The molecular formula is C23H26N4OS. The number of carbonyl (C=O) groups excluding carboxylic acids is 1. The van der Waals surface area contributed by atoms with E-state index in [9.17, 15) is 4.79 Å². The first-order valence-electron chi connectivity index (χ1n) is 10.2. The predicted octanol–water partition coefficient (Wildman–Crippen LogP) is 4.41. The van der Waals surface area contributed by atoms with Crippen molar-refractivity contribution in [1.29, 1.82) is 0 Å². The summed E-state index contributed by atoms with van der Waals surface area (Å²) in [5, 5.41) is 9.71. The maximum atomic E-state index is 12.6. The molecule has 3 aromatic rings. The molecule has 0 N–H and O–H groups in total. The van der Waals surface area contributed by atoms with E-state index in [0.717, 1.165) is 42.5 Å². The van der Waals surface area contributed by atoms with Crippen LogP contribution in [0.5, 0.6) is 0 Å². The molecular weight excluding hydrogens is 380 g/mol. The van der Waals surface area contributed by atoms with Gasteiger partial charge in [-0.25, -0.2) is 0 Å². The molecule has 0 bridgehead atoms. The first-order valence-corrected chi connectivity index (χ1v) is 11.1. The normalized spacial score (nSPS) is 14.2. The number of carbonyl (C=O) groups is 1. The van der Waals surface area contributed by atoms with Gasteiger partial charge in [0, 0.05) is 18.7 Å². The number of nitrogens with zero attached hydrogens (tertiary/aromatic N) is 4. The molecule has 0 aliphatic carbocycles. The van der Waals surface area contributed by atoms with E-state index in [-0.39, 0.29) is 5.91 Å². The van der Waals surface area contributed by atoms with Crippen molar-refractivity contribution < 1.29 is 4.79 Å². The van der Waals surface area contributed by atoms with E-state index in [1.807, 2.05) is 29.2 Å². The fraction of sp³-hybridized carbons (Fsp3) is 0.348. The number of hydrogen-bond donors (Lipinski definition) is 0. The van der Waals surface area contributed by atoms with E-state index < -0.39 is 0 Å². The molecule has 0 unspecified atom stereocenters. The van der Waals surface area contributed by atoms with E-state index in [4.69, 9.17) is 0 Å². The highest BCUT2D eigenvalue weighted by molar-refractivity contribution is 7.99. The Bertz CT molecular complexity index is 964. The van der Waals surface area contributed by atoms with Crippen LogP contribution in [0.4, 0.5) is 0 Å².